The van der Waals surface area contributed by atoms with Gasteiger partial charge in [0.1, 0.15) is 5.75 Å². The van der Waals surface area contributed by atoms with E-state index in [4.69, 9.17) is 0 Å². The first-order chi connectivity index (χ1) is 13.0. The quantitative estimate of drug-likeness (QED) is 0.469. The molecule has 1 amide bonds. The maximum atomic E-state index is 12.6. The predicted octanol–water partition coefficient (Wildman–Crippen LogP) is 1.56. The van der Waals surface area contributed by atoms with E-state index >= 15 is 0 Å². The second-order valence-corrected chi connectivity index (χ2v) is 6.20. The molecule has 1 fully saturated rings. The van der Waals surface area contributed by atoms with Crippen LogP contribution in [0.4, 0.5) is 14.5 Å². The fraction of sp³-hybridized carbons (Fsp3) is 0.556. The van der Waals surface area contributed by atoms with Crippen molar-refractivity contribution < 1.29 is 18.3 Å². The summed E-state index contributed by atoms with van der Waals surface area (Å²) in [4.78, 5) is 17.8. The van der Waals surface area contributed by atoms with Crippen LogP contribution in [-0.4, -0.2) is 57.7 Å². The number of rotatable bonds is 8. The van der Waals surface area contributed by atoms with Crippen LogP contribution in [0.5, 0.6) is 5.75 Å². The summed E-state index contributed by atoms with van der Waals surface area (Å²) in [6, 6.07) is 6.85. The topological polar surface area (TPSA) is 78.0 Å². The third-order valence-corrected chi connectivity index (χ3v) is 4.16. The van der Waals surface area contributed by atoms with Crippen LogP contribution in [0.1, 0.15) is 19.8 Å². The lowest BCUT2D eigenvalue weighted by atomic mass is 10.2. The van der Waals surface area contributed by atoms with Gasteiger partial charge in [0.05, 0.1) is 12.2 Å². The highest BCUT2D eigenvalue weighted by Crippen LogP contribution is 2.31. The Morgan fingerprint density at radius 2 is 2.15 bits per heavy atom. The molecule has 1 aliphatic rings. The molecule has 1 heterocycles. The van der Waals surface area contributed by atoms with Crippen molar-refractivity contribution in [3.8, 4) is 5.75 Å². The molecule has 1 unspecified atom stereocenters. The van der Waals surface area contributed by atoms with Crippen LogP contribution in [0.15, 0.2) is 29.3 Å². The van der Waals surface area contributed by atoms with Gasteiger partial charge >= 0.3 is 6.61 Å². The number of hydrogen-bond donors (Lipinski definition) is 3. The minimum absolute atomic E-state index is 0.0782. The zero-order valence-corrected chi connectivity index (χ0v) is 15.7. The molecule has 3 N–H and O–H groups in total. The molecule has 1 atom stereocenters. The summed E-state index contributed by atoms with van der Waals surface area (Å²) >= 11 is 0. The Balaban J connectivity index is 1.87. The molecule has 0 spiro atoms. The van der Waals surface area contributed by atoms with Gasteiger partial charge in [-0.1, -0.05) is 19.1 Å². The van der Waals surface area contributed by atoms with Gasteiger partial charge in [-0.15, -0.1) is 0 Å². The zero-order chi connectivity index (χ0) is 19.6. The molecule has 7 nitrogen and oxygen atoms in total. The van der Waals surface area contributed by atoms with Gasteiger partial charge in [0.15, 0.2) is 5.96 Å². The van der Waals surface area contributed by atoms with Gasteiger partial charge < -0.3 is 25.6 Å². The number of hydrogen-bond acceptors (Lipinski definition) is 4. The summed E-state index contributed by atoms with van der Waals surface area (Å²) in [5.41, 5.74) is 0.643. The summed E-state index contributed by atoms with van der Waals surface area (Å²) < 4.78 is 29.8. The van der Waals surface area contributed by atoms with Gasteiger partial charge in [-0.05, 0) is 25.0 Å². The summed E-state index contributed by atoms with van der Waals surface area (Å²) in [6.07, 6.45) is 1.69. The van der Waals surface area contributed by atoms with Gasteiger partial charge in [-0.25, -0.2) is 0 Å². The molecule has 0 aliphatic carbocycles. The van der Waals surface area contributed by atoms with Crippen molar-refractivity contribution in [2.24, 2.45) is 4.99 Å². The molecule has 27 heavy (non-hydrogen) atoms. The second-order valence-electron chi connectivity index (χ2n) is 6.20. The number of carbonyl (C=O) groups excluding carboxylic acids is 1. The van der Waals surface area contributed by atoms with Gasteiger partial charge in [0.25, 0.3) is 0 Å². The second kappa shape index (κ2) is 10.5. The zero-order valence-electron chi connectivity index (χ0n) is 15.7. The number of benzene rings is 1. The predicted molar refractivity (Wildman–Crippen MR) is 101 cm³/mol. The number of para-hydroxylation sites is 2. The first-order valence-corrected chi connectivity index (χ1v) is 9.06. The molecule has 150 valence electrons. The maximum absolute atomic E-state index is 12.6. The van der Waals surface area contributed by atoms with Gasteiger partial charge in [-0.3, -0.25) is 9.79 Å². The highest BCUT2D eigenvalue weighted by molar-refractivity contribution is 5.86. The Hall–Kier alpha value is -2.58. The van der Waals surface area contributed by atoms with E-state index in [1.807, 2.05) is 11.8 Å². The first kappa shape index (κ1) is 20.7. The summed E-state index contributed by atoms with van der Waals surface area (Å²) in [5.74, 6) is 0.611. The molecule has 0 radical (unpaired) electrons. The van der Waals surface area contributed by atoms with Crippen molar-refractivity contribution in [2.75, 3.05) is 38.1 Å². The number of ether oxygens (including phenoxy) is 1. The minimum atomic E-state index is -2.86. The molecular formula is C18H27F2N5O2. The lowest BCUT2D eigenvalue weighted by Crippen LogP contribution is -2.47. The molecule has 1 aromatic rings. The van der Waals surface area contributed by atoms with Crippen molar-refractivity contribution in [1.82, 2.24) is 16.0 Å². The normalized spacial score (nSPS) is 17.1. The van der Waals surface area contributed by atoms with Gasteiger partial charge in [-0.2, -0.15) is 8.78 Å². The molecular weight excluding hydrogens is 356 g/mol. The molecule has 2 rings (SSSR count). The monoisotopic (exact) mass is 383 g/mol. The minimum Gasteiger partial charge on any atom is -0.433 e. The lowest BCUT2D eigenvalue weighted by Gasteiger charge is -2.22. The van der Waals surface area contributed by atoms with Crippen LogP contribution >= 0.6 is 0 Å². The number of alkyl halides is 2. The first-order valence-electron chi connectivity index (χ1n) is 9.06. The largest absolute Gasteiger partial charge is 0.433 e. The van der Waals surface area contributed by atoms with E-state index in [1.165, 1.54) is 6.07 Å². The number of anilines is 1. The smallest absolute Gasteiger partial charge is 0.387 e. The number of nitrogens with one attached hydrogen (secondary N) is 3. The molecule has 0 bridgehead atoms. The number of halogens is 2. The van der Waals surface area contributed by atoms with Crippen LogP contribution in [-0.2, 0) is 4.79 Å². The average Bonchev–Trinajstić information content (AvgIpc) is 3.11. The fourth-order valence-corrected chi connectivity index (χ4v) is 2.89. The van der Waals surface area contributed by atoms with Gasteiger partial charge in [0, 0.05) is 32.7 Å². The molecule has 0 aromatic heterocycles. The van der Waals surface area contributed by atoms with Crippen LogP contribution in [0.2, 0.25) is 0 Å². The van der Waals surface area contributed by atoms with Crippen molar-refractivity contribution in [3.05, 3.63) is 24.3 Å². The van der Waals surface area contributed by atoms with E-state index in [1.54, 1.807) is 25.2 Å². The van der Waals surface area contributed by atoms with Crippen molar-refractivity contribution in [3.63, 3.8) is 0 Å². The maximum Gasteiger partial charge on any atom is 0.387 e. The molecule has 0 saturated carbocycles. The van der Waals surface area contributed by atoms with Gasteiger partial charge in [0.2, 0.25) is 5.91 Å². The number of nitrogens with zero attached hydrogens (tertiary/aromatic N) is 2. The number of amides is 1. The Labute approximate surface area is 158 Å². The van der Waals surface area contributed by atoms with E-state index < -0.39 is 6.61 Å². The number of carbonyl (C=O) groups is 1. The fourth-order valence-electron chi connectivity index (χ4n) is 2.89. The summed E-state index contributed by atoms with van der Waals surface area (Å²) in [6.45, 7) is 1.24. The Morgan fingerprint density at radius 3 is 2.85 bits per heavy atom. The summed E-state index contributed by atoms with van der Waals surface area (Å²) in [5, 5.41) is 9.03. The van der Waals surface area contributed by atoms with Crippen molar-refractivity contribution >= 4 is 17.6 Å². The van der Waals surface area contributed by atoms with Crippen LogP contribution in [0, 0.1) is 0 Å². The molecule has 9 heteroatoms. The standard InChI is InChI=1S/C18H27F2N5O2/c1-3-9-22-16(26)11-23-18(21-2)24-13-8-10-25(12-13)14-6-4-5-7-15(14)27-17(19)20/h4-7,13,17H,3,8-12H2,1-2H3,(H,22,26)(H2,21,23,24). The highest BCUT2D eigenvalue weighted by Gasteiger charge is 2.26. The third-order valence-electron chi connectivity index (χ3n) is 4.16. The molecule has 1 aromatic carbocycles. The van der Waals surface area contributed by atoms with Crippen LogP contribution in [0.25, 0.3) is 0 Å². The number of aliphatic imine (C=N–C) groups is 1. The van der Waals surface area contributed by atoms with E-state index in [0.717, 1.165) is 12.8 Å². The summed E-state index contributed by atoms with van der Waals surface area (Å²) in [7, 11) is 1.64. The van der Waals surface area contributed by atoms with Crippen LogP contribution < -0.4 is 25.6 Å². The average molecular weight is 383 g/mol. The van der Waals surface area contributed by atoms with Crippen molar-refractivity contribution in [1.29, 1.82) is 0 Å². The third kappa shape index (κ3) is 6.58. The SMILES string of the molecule is CCCNC(=O)CNC(=NC)NC1CCN(c2ccccc2OC(F)F)C1. The van der Waals surface area contributed by atoms with E-state index in [0.29, 0.717) is 31.3 Å². The molecule has 1 saturated heterocycles. The van der Waals surface area contributed by atoms with Crippen LogP contribution in [0.3, 0.4) is 0 Å². The highest BCUT2D eigenvalue weighted by atomic mass is 19.3. The lowest BCUT2D eigenvalue weighted by molar-refractivity contribution is -0.120. The Morgan fingerprint density at radius 1 is 1.37 bits per heavy atom. The van der Waals surface area contributed by atoms with E-state index in [9.17, 15) is 13.6 Å². The molecule has 1 aliphatic heterocycles. The Bertz CT molecular complexity index is 642. The van der Waals surface area contributed by atoms with E-state index in [-0.39, 0.29) is 24.2 Å². The number of guanidine groups is 1. The Kier molecular flexibility index (Phi) is 8.09. The van der Waals surface area contributed by atoms with Crippen molar-refractivity contribution in [2.45, 2.75) is 32.4 Å². The van der Waals surface area contributed by atoms with E-state index in [2.05, 4.69) is 25.7 Å².